The van der Waals surface area contributed by atoms with Crippen LogP contribution in [0.5, 0.6) is 0 Å². The third kappa shape index (κ3) is 1.84. The summed E-state index contributed by atoms with van der Waals surface area (Å²) in [5.41, 5.74) is 0.856. The Balaban J connectivity index is 1.67. The summed E-state index contributed by atoms with van der Waals surface area (Å²) in [6.45, 7) is 0. The van der Waals surface area contributed by atoms with Crippen molar-refractivity contribution < 1.29 is 24.3 Å². The highest BCUT2D eigenvalue weighted by atomic mass is 16.4. The third-order valence-electron chi connectivity index (χ3n) is 5.43. The standard InChI is InChI=1S/C17H16N2O5/c1-18-15(21)10-4-2-8(6-11(10)16(18)22)14(20)19-9-3-5-13(19)12(7-9)17(23)24/h2,4,6,9,12-13H,3,5,7H2,1H3,(H,23,24). The summed E-state index contributed by atoms with van der Waals surface area (Å²) in [6, 6.07) is 4.15. The average molecular weight is 328 g/mol. The van der Waals surface area contributed by atoms with E-state index in [0.29, 0.717) is 24.0 Å². The molecule has 3 heterocycles. The Kier molecular flexibility index (Phi) is 3.03. The van der Waals surface area contributed by atoms with Crippen LogP contribution in [0, 0.1) is 5.92 Å². The molecule has 1 aromatic carbocycles. The van der Waals surface area contributed by atoms with Crippen LogP contribution < -0.4 is 0 Å². The van der Waals surface area contributed by atoms with Gasteiger partial charge >= 0.3 is 5.97 Å². The van der Waals surface area contributed by atoms with Gasteiger partial charge in [-0.15, -0.1) is 0 Å². The highest BCUT2D eigenvalue weighted by Gasteiger charge is 2.51. The lowest BCUT2D eigenvalue weighted by Crippen LogP contribution is -2.37. The molecule has 3 aliphatic rings. The average Bonchev–Trinajstić information content (AvgIpc) is 3.21. The molecule has 1 N–H and O–H groups in total. The molecular weight excluding hydrogens is 312 g/mol. The number of amides is 3. The largest absolute Gasteiger partial charge is 0.481 e. The van der Waals surface area contributed by atoms with E-state index in [1.54, 1.807) is 11.0 Å². The van der Waals surface area contributed by atoms with E-state index in [1.807, 2.05) is 0 Å². The van der Waals surface area contributed by atoms with Gasteiger partial charge < -0.3 is 10.0 Å². The summed E-state index contributed by atoms with van der Waals surface area (Å²) in [7, 11) is 1.41. The summed E-state index contributed by atoms with van der Waals surface area (Å²) in [6.07, 6.45) is 1.99. The van der Waals surface area contributed by atoms with E-state index in [0.717, 1.165) is 11.3 Å². The van der Waals surface area contributed by atoms with E-state index < -0.39 is 17.8 Å². The Morgan fingerprint density at radius 2 is 1.83 bits per heavy atom. The first-order valence-corrected chi connectivity index (χ1v) is 7.92. The molecule has 0 aliphatic carbocycles. The first-order valence-electron chi connectivity index (χ1n) is 7.92. The smallest absolute Gasteiger partial charge is 0.308 e. The highest BCUT2D eigenvalue weighted by Crippen LogP contribution is 2.42. The first-order chi connectivity index (χ1) is 11.4. The van der Waals surface area contributed by atoms with Crippen molar-refractivity contribution in [2.24, 2.45) is 5.92 Å². The number of hydrogen-bond donors (Lipinski definition) is 1. The summed E-state index contributed by atoms with van der Waals surface area (Å²) in [4.78, 5) is 50.9. The number of fused-ring (bicyclic) bond motifs is 3. The normalized spacial score (nSPS) is 27.8. The van der Waals surface area contributed by atoms with Crippen LogP contribution >= 0.6 is 0 Å². The number of carboxylic acid groups (broad SMARTS) is 1. The Morgan fingerprint density at radius 3 is 2.50 bits per heavy atom. The Morgan fingerprint density at radius 1 is 1.12 bits per heavy atom. The highest BCUT2D eigenvalue weighted by molar-refractivity contribution is 6.21. The summed E-state index contributed by atoms with van der Waals surface area (Å²) in [5, 5.41) is 9.30. The fraction of sp³-hybridized carbons (Fsp3) is 0.412. The number of carboxylic acids is 1. The van der Waals surface area contributed by atoms with Crippen molar-refractivity contribution in [3.63, 3.8) is 0 Å². The molecule has 2 fully saturated rings. The minimum absolute atomic E-state index is 0.0585. The van der Waals surface area contributed by atoms with Crippen molar-refractivity contribution in [2.75, 3.05) is 7.05 Å². The number of carbonyl (C=O) groups excluding carboxylic acids is 3. The van der Waals surface area contributed by atoms with E-state index >= 15 is 0 Å². The number of rotatable bonds is 2. The zero-order chi connectivity index (χ0) is 17.2. The lowest BCUT2D eigenvalue weighted by atomic mass is 9.89. The van der Waals surface area contributed by atoms with Crippen LogP contribution in [0.4, 0.5) is 0 Å². The zero-order valence-corrected chi connectivity index (χ0v) is 13.1. The number of hydrogen-bond acceptors (Lipinski definition) is 4. The SMILES string of the molecule is CN1C(=O)c2ccc(C(=O)N3C4CCC3C(C(=O)O)C4)cc2C1=O. The summed E-state index contributed by atoms with van der Waals surface area (Å²) < 4.78 is 0. The van der Waals surface area contributed by atoms with Gasteiger partial charge in [0.05, 0.1) is 17.0 Å². The topological polar surface area (TPSA) is 95.0 Å². The van der Waals surface area contributed by atoms with Crippen molar-refractivity contribution in [1.82, 2.24) is 9.80 Å². The fourth-order valence-electron chi connectivity index (χ4n) is 4.21. The molecule has 124 valence electrons. The Bertz CT molecular complexity index is 802. The zero-order valence-electron chi connectivity index (χ0n) is 13.1. The van der Waals surface area contributed by atoms with Crippen LogP contribution in [-0.2, 0) is 4.79 Å². The van der Waals surface area contributed by atoms with Gasteiger partial charge in [0.2, 0.25) is 0 Å². The predicted molar refractivity (Wildman–Crippen MR) is 81.6 cm³/mol. The molecule has 3 amide bonds. The molecule has 3 unspecified atom stereocenters. The van der Waals surface area contributed by atoms with Gasteiger partial charge in [-0.2, -0.15) is 0 Å². The fourth-order valence-corrected chi connectivity index (χ4v) is 4.21. The second-order valence-corrected chi connectivity index (χ2v) is 6.62. The van der Waals surface area contributed by atoms with Gasteiger partial charge in [-0.1, -0.05) is 0 Å². The molecule has 0 aromatic heterocycles. The van der Waals surface area contributed by atoms with E-state index in [1.165, 1.54) is 19.2 Å². The lowest BCUT2D eigenvalue weighted by Gasteiger charge is -2.23. The van der Waals surface area contributed by atoms with Gasteiger partial charge in [-0.05, 0) is 37.5 Å². The Labute approximate surface area is 137 Å². The van der Waals surface area contributed by atoms with E-state index in [4.69, 9.17) is 0 Å². The molecule has 7 heteroatoms. The quantitative estimate of drug-likeness (QED) is 0.817. The summed E-state index contributed by atoms with van der Waals surface area (Å²) in [5.74, 6) is -2.43. The number of imide groups is 1. The van der Waals surface area contributed by atoms with Crippen LogP contribution in [-0.4, -0.2) is 57.7 Å². The van der Waals surface area contributed by atoms with Gasteiger partial charge in [0, 0.05) is 24.7 Å². The van der Waals surface area contributed by atoms with Crippen molar-refractivity contribution >= 4 is 23.7 Å². The van der Waals surface area contributed by atoms with Crippen molar-refractivity contribution in [1.29, 1.82) is 0 Å². The number of carbonyl (C=O) groups is 4. The second-order valence-electron chi connectivity index (χ2n) is 6.62. The molecule has 1 aromatic rings. The molecule has 0 spiro atoms. The minimum atomic E-state index is -0.864. The van der Waals surface area contributed by atoms with Gasteiger partial charge in [0.15, 0.2) is 0 Å². The first kappa shape index (κ1) is 14.9. The molecule has 24 heavy (non-hydrogen) atoms. The van der Waals surface area contributed by atoms with Crippen molar-refractivity contribution in [2.45, 2.75) is 31.3 Å². The number of aliphatic carboxylic acids is 1. The monoisotopic (exact) mass is 328 g/mol. The van der Waals surface area contributed by atoms with Gasteiger partial charge in [0.25, 0.3) is 17.7 Å². The predicted octanol–water partition coefficient (Wildman–Crippen LogP) is 0.990. The third-order valence-corrected chi connectivity index (χ3v) is 5.43. The molecule has 2 bridgehead atoms. The molecule has 3 atom stereocenters. The number of nitrogens with zero attached hydrogens (tertiary/aromatic N) is 2. The van der Waals surface area contributed by atoms with Gasteiger partial charge in [0.1, 0.15) is 0 Å². The molecule has 0 radical (unpaired) electrons. The maximum Gasteiger partial charge on any atom is 0.308 e. The number of benzene rings is 1. The van der Waals surface area contributed by atoms with Crippen molar-refractivity contribution in [3.8, 4) is 0 Å². The van der Waals surface area contributed by atoms with Gasteiger partial charge in [-0.3, -0.25) is 24.1 Å². The van der Waals surface area contributed by atoms with Crippen LogP contribution in [0.3, 0.4) is 0 Å². The maximum absolute atomic E-state index is 12.9. The van der Waals surface area contributed by atoms with Crippen LogP contribution in [0.2, 0.25) is 0 Å². The maximum atomic E-state index is 12.9. The van der Waals surface area contributed by atoms with E-state index in [2.05, 4.69) is 0 Å². The van der Waals surface area contributed by atoms with Gasteiger partial charge in [-0.25, -0.2) is 0 Å². The Hall–Kier alpha value is -2.70. The molecular formula is C17H16N2O5. The van der Waals surface area contributed by atoms with Crippen LogP contribution in [0.25, 0.3) is 0 Å². The lowest BCUT2D eigenvalue weighted by molar-refractivity contribution is -0.142. The molecule has 3 aliphatic heterocycles. The van der Waals surface area contributed by atoms with Crippen LogP contribution in [0.1, 0.15) is 50.3 Å². The molecule has 0 saturated carbocycles. The minimum Gasteiger partial charge on any atom is -0.481 e. The van der Waals surface area contributed by atoms with E-state index in [9.17, 15) is 24.3 Å². The van der Waals surface area contributed by atoms with Crippen molar-refractivity contribution in [3.05, 3.63) is 34.9 Å². The molecule has 4 rings (SSSR count). The second kappa shape index (κ2) is 4.90. The van der Waals surface area contributed by atoms with E-state index in [-0.39, 0.29) is 29.5 Å². The summed E-state index contributed by atoms with van der Waals surface area (Å²) >= 11 is 0. The molecule has 7 nitrogen and oxygen atoms in total. The molecule has 2 saturated heterocycles. The van der Waals surface area contributed by atoms with Crippen LogP contribution in [0.15, 0.2) is 18.2 Å².